The van der Waals surface area contributed by atoms with Crippen molar-refractivity contribution in [3.63, 3.8) is 0 Å². The zero-order chi connectivity index (χ0) is 18.3. The summed E-state index contributed by atoms with van der Waals surface area (Å²) in [5.41, 5.74) is -0.651. The normalized spacial score (nSPS) is 29.3. The average molecular weight is 369 g/mol. The maximum Gasteiger partial charge on any atom is 0.416 e. The molecule has 1 saturated carbocycles. The molecule has 0 aromatic heterocycles. The quantitative estimate of drug-likeness (QED) is 0.861. The highest BCUT2D eigenvalue weighted by Crippen LogP contribution is 2.38. The highest BCUT2D eigenvalue weighted by Gasteiger charge is 2.42. The van der Waals surface area contributed by atoms with Gasteiger partial charge in [0.1, 0.15) is 0 Å². The van der Waals surface area contributed by atoms with Crippen LogP contribution in [0.3, 0.4) is 0 Å². The Morgan fingerprint density at radius 2 is 2.04 bits per heavy atom. The molecule has 1 aromatic carbocycles. The predicted octanol–water partition coefficient (Wildman–Crippen LogP) is 3.08. The largest absolute Gasteiger partial charge is 0.416 e. The fourth-order valence-electron chi connectivity index (χ4n) is 3.88. The molecule has 2 saturated heterocycles. The Morgan fingerprint density at radius 3 is 2.77 bits per heavy atom. The lowest BCUT2D eigenvalue weighted by molar-refractivity contribution is -0.137. The Balaban J connectivity index is 1.30. The van der Waals surface area contributed by atoms with Gasteiger partial charge in [0.2, 0.25) is 0 Å². The van der Waals surface area contributed by atoms with E-state index in [2.05, 4.69) is 15.5 Å². The van der Waals surface area contributed by atoms with Gasteiger partial charge in [0.05, 0.1) is 18.3 Å². The molecule has 0 spiro atoms. The monoisotopic (exact) mass is 369 g/mol. The number of urea groups is 1. The third kappa shape index (κ3) is 3.96. The van der Waals surface area contributed by atoms with Gasteiger partial charge in [-0.3, -0.25) is 4.90 Å². The van der Waals surface area contributed by atoms with Gasteiger partial charge >= 0.3 is 12.2 Å². The number of halogens is 3. The van der Waals surface area contributed by atoms with Gasteiger partial charge in [-0.1, -0.05) is 6.07 Å². The van der Waals surface area contributed by atoms with Crippen molar-refractivity contribution in [2.24, 2.45) is 5.92 Å². The number of fused-ring (bicyclic) bond motifs is 1. The Kier molecular flexibility index (Phi) is 4.56. The third-order valence-corrected chi connectivity index (χ3v) is 5.38. The van der Waals surface area contributed by atoms with Crippen molar-refractivity contribution in [2.45, 2.75) is 43.6 Å². The van der Waals surface area contributed by atoms with Crippen molar-refractivity contribution in [1.29, 1.82) is 0 Å². The number of carbonyl (C=O) groups is 1. The first-order chi connectivity index (χ1) is 12.4. The van der Waals surface area contributed by atoms with Crippen LogP contribution in [0.5, 0.6) is 0 Å². The lowest BCUT2D eigenvalue weighted by atomic mass is 10.1. The summed E-state index contributed by atoms with van der Waals surface area (Å²) in [6.07, 6.45) is -0.841. The molecule has 5 nitrogen and oxygen atoms in total. The van der Waals surface area contributed by atoms with Crippen LogP contribution in [0.25, 0.3) is 0 Å². The van der Waals surface area contributed by atoms with E-state index in [0.717, 1.165) is 31.6 Å². The summed E-state index contributed by atoms with van der Waals surface area (Å²) < 4.78 is 44.2. The molecular weight excluding hydrogens is 347 g/mol. The van der Waals surface area contributed by atoms with Gasteiger partial charge in [-0.05, 0) is 43.4 Å². The molecular formula is C18H22F3N3O2. The molecule has 1 aromatic rings. The van der Waals surface area contributed by atoms with Crippen LogP contribution in [0.15, 0.2) is 24.3 Å². The highest BCUT2D eigenvalue weighted by atomic mass is 19.4. The van der Waals surface area contributed by atoms with Crippen LogP contribution >= 0.6 is 0 Å². The van der Waals surface area contributed by atoms with Crippen LogP contribution in [0, 0.1) is 5.92 Å². The number of benzene rings is 1. The molecule has 2 N–H and O–H groups in total. The fourth-order valence-corrected chi connectivity index (χ4v) is 3.88. The molecule has 8 heteroatoms. The van der Waals surface area contributed by atoms with Gasteiger partial charge in [0, 0.05) is 30.9 Å². The van der Waals surface area contributed by atoms with Crippen LogP contribution in [0.2, 0.25) is 0 Å². The maximum atomic E-state index is 12.7. The molecule has 2 amide bonds. The Labute approximate surface area is 149 Å². The van der Waals surface area contributed by atoms with Gasteiger partial charge < -0.3 is 15.4 Å². The number of hydrogen-bond donors (Lipinski definition) is 2. The summed E-state index contributed by atoms with van der Waals surface area (Å²) in [7, 11) is 0. The second kappa shape index (κ2) is 6.74. The molecule has 3 fully saturated rings. The van der Waals surface area contributed by atoms with E-state index in [4.69, 9.17) is 4.74 Å². The van der Waals surface area contributed by atoms with E-state index in [-0.39, 0.29) is 11.7 Å². The number of nitrogens with one attached hydrogen (secondary N) is 2. The lowest BCUT2D eigenvalue weighted by Crippen LogP contribution is -2.47. The number of hydrogen-bond acceptors (Lipinski definition) is 3. The number of alkyl halides is 3. The summed E-state index contributed by atoms with van der Waals surface area (Å²) in [6, 6.07) is 4.45. The predicted molar refractivity (Wildman–Crippen MR) is 89.8 cm³/mol. The Hall–Kier alpha value is -1.80. The molecule has 0 radical (unpaired) electrons. The smallest absolute Gasteiger partial charge is 0.375 e. The van der Waals surface area contributed by atoms with E-state index in [1.54, 1.807) is 0 Å². The van der Waals surface area contributed by atoms with Crippen molar-refractivity contribution in [2.75, 3.05) is 25.0 Å². The number of morpholine rings is 1. The van der Waals surface area contributed by atoms with Crippen LogP contribution in [0.4, 0.5) is 23.7 Å². The lowest BCUT2D eigenvalue weighted by Gasteiger charge is -2.35. The molecule has 3 atom stereocenters. The molecule has 142 valence electrons. The number of carbonyl (C=O) groups excluding carboxylic acids is 1. The van der Waals surface area contributed by atoms with Crippen LogP contribution in [-0.4, -0.2) is 48.8 Å². The van der Waals surface area contributed by atoms with Crippen molar-refractivity contribution in [3.05, 3.63) is 29.8 Å². The third-order valence-electron chi connectivity index (χ3n) is 5.38. The number of ether oxygens (including phenoxy) is 1. The number of anilines is 1. The van der Waals surface area contributed by atoms with Crippen LogP contribution in [-0.2, 0) is 10.9 Å². The van der Waals surface area contributed by atoms with E-state index in [1.807, 2.05) is 0 Å². The standard InChI is InChI=1S/C18H22F3N3O2/c19-18(20,21)12-2-1-3-13(6-12)22-17(25)23-14-7-15-10-26-16(11-4-5-11)9-24(15)8-14/h1-3,6,11,14-16H,4-5,7-10H2,(H2,22,23,25)/t14-,15+,16+/m1/s1. The summed E-state index contributed by atoms with van der Waals surface area (Å²) in [5.74, 6) is 0.687. The molecule has 0 unspecified atom stereocenters. The second-order valence-electron chi connectivity index (χ2n) is 7.43. The molecule has 3 aliphatic rings. The summed E-state index contributed by atoms with van der Waals surface area (Å²) in [6.45, 7) is 2.35. The van der Waals surface area contributed by atoms with Gasteiger partial charge in [0.15, 0.2) is 0 Å². The molecule has 2 heterocycles. The van der Waals surface area contributed by atoms with Gasteiger partial charge in [-0.25, -0.2) is 4.79 Å². The summed E-state index contributed by atoms with van der Waals surface area (Å²) >= 11 is 0. The number of nitrogens with zero attached hydrogens (tertiary/aromatic N) is 1. The Morgan fingerprint density at radius 1 is 1.23 bits per heavy atom. The van der Waals surface area contributed by atoms with Gasteiger partial charge in [0.25, 0.3) is 0 Å². The van der Waals surface area contributed by atoms with Crippen LogP contribution < -0.4 is 10.6 Å². The SMILES string of the molecule is O=C(Nc1cccc(C(F)(F)F)c1)N[C@@H]1C[C@H]2CO[C@H](C3CC3)CN2C1. The van der Waals surface area contributed by atoms with Gasteiger partial charge in [-0.2, -0.15) is 13.2 Å². The van der Waals surface area contributed by atoms with E-state index in [1.165, 1.54) is 25.0 Å². The van der Waals surface area contributed by atoms with Crippen molar-refractivity contribution < 1.29 is 22.7 Å². The first-order valence-corrected chi connectivity index (χ1v) is 8.99. The fraction of sp³-hybridized carbons (Fsp3) is 0.611. The molecule has 4 rings (SSSR count). The molecule has 26 heavy (non-hydrogen) atoms. The number of amides is 2. The number of rotatable bonds is 3. The van der Waals surface area contributed by atoms with Crippen molar-refractivity contribution >= 4 is 11.7 Å². The van der Waals surface area contributed by atoms with Crippen LogP contribution in [0.1, 0.15) is 24.8 Å². The van der Waals surface area contributed by atoms with Gasteiger partial charge in [-0.15, -0.1) is 0 Å². The topological polar surface area (TPSA) is 53.6 Å². The first kappa shape index (κ1) is 17.6. The second-order valence-corrected chi connectivity index (χ2v) is 7.43. The zero-order valence-electron chi connectivity index (χ0n) is 14.3. The van der Waals surface area contributed by atoms with E-state index >= 15 is 0 Å². The summed E-state index contributed by atoms with van der Waals surface area (Å²) in [5, 5.41) is 5.37. The maximum absolute atomic E-state index is 12.7. The zero-order valence-corrected chi connectivity index (χ0v) is 14.3. The molecule has 2 aliphatic heterocycles. The first-order valence-electron chi connectivity index (χ1n) is 8.99. The van der Waals surface area contributed by atoms with E-state index in [0.29, 0.717) is 24.7 Å². The van der Waals surface area contributed by atoms with Crippen molar-refractivity contribution in [1.82, 2.24) is 10.2 Å². The average Bonchev–Trinajstić information content (AvgIpc) is 3.34. The van der Waals surface area contributed by atoms with Crippen molar-refractivity contribution in [3.8, 4) is 0 Å². The Bertz CT molecular complexity index is 678. The summed E-state index contributed by atoms with van der Waals surface area (Å²) in [4.78, 5) is 14.5. The minimum Gasteiger partial charge on any atom is -0.375 e. The molecule has 0 bridgehead atoms. The minimum absolute atomic E-state index is 0.0210. The van der Waals surface area contributed by atoms with E-state index < -0.39 is 17.8 Å². The highest BCUT2D eigenvalue weighted by molar-refractivity contribution is 5.89. The van der Waals surface area contributed by atoms with E-state index in [9.17, 15) is 18.0 Å². The molecule has 1 aliphatic carbocycles. The minimum atomic E-state index is -4.43.